The highest BCUT2D eigenvalue weighted by molar-refractivity contribution is 5.87. The van der Waals surface area contributed by atoms with Crippen molar-refractivity contribution in [3.05, 3.63) is 12.2 Å². The first-order chi connectivity index (χ1) is 24.1. The van der Waals surface area contributed by atoms with Gasteiger partial charge in [-0.3, -0.25) is 9.59 Å². The molecular weight excluding hydrogens is 604 g/mol. The Morgan fingerprint density at radius 2 is 0.796 bits per heavy atom. The van der Waals surface area contributed by atoms with Crippen LogP contribution >= 0.6 is 0 Å². The van der Waals surface area contributed by atoms with Gasteiger partial charge in [0.05, 0.1) is 24.5 Å². The van der Waals surface area contributed by atoms with Gasteiger partial charge >= 0.3 is 11.9 Å². The summed E-state index contributed by atoms with van der Waals surface area (Å²) in [7, 11) is 0. The molecule has 0 fully saturated rings. The van der Waals surface area contributed by atoms with Crippen molar-refractivity contribution in [3.63, 3.8) is 0 Å². The zero-order chi connectivity index (χ0) is 35.5. The number of carbonyl (C=O) groups is 2. The van der Waals surface area contributed by atoms with Gasteiger partial charge in [0.25, 0.3) is 0 Å². The largest absolute Gasteiger partial charge is 0.465 e. The van der Waals surface area contributed by atoms with E-state index in [9.17, 15) is 9.59 Å². The molecule has 0 saturated carbocycles. The van der Waals surface area contributed by atoms with Gasteiger partial charge in [-0.2, -0.15) is 0 Å². The van der Waals surface area contributed by atoms with Crippen LogP contribution in [0.2, 0.25) is 0 Å². The first kappa shape index (κ1) is 45.7. The molecule has 49 heavy (non-hydrogen) atoms. The molecule has 288 valence electrons. The predicted molar refractivity (Wildman–Crippen MR) is 211 cm³/mol. The first-order valence-electron chi connectivity index (χ1n) is 22.1. The molecule has 1 aliphatic rings. The van der Waals surface area contributed by atoms with Crippen LogP contribution in [-0.4, -0.2) is 25.2 Å². The Hall–Kier alpha value is -1.32. The molecule has 1 rings (SSSR count). The van der Waals surface area contributed by atoms with Crippen LogP contribution in [0, 0.1) is 11.3 Å². The number of esters is 2. The topological polar surface area (TPSA) is 52.6 Å². The van der Waals surface area contributed by atoms with E-state index in [0.29, 0.717) is 19.6 Å². The monoisotopic (exact) mass is 689 g/mol. The van der Waals surface area contributed by atoms with Crippen LogP contribution in [0.1, 0.15) is 239 Å². The van der Waals surface area contributed by atoms with Crippen LogP contribution in [0.5, 0.6) is 0 Å². The van der Waals surface area contributed by atoms with E-state index in [1.54, 1.807) is 0 Å². The lowest BCUT2D eigenvalue weighted by atomic mass is 9.71. The van der Waals surface area contributed by atoms with Crippen LogP contribution in [-0.2, 0) is 19.1 Å². The molecule has 0 amide bonds. The van der Waals surface area contributed by atoms with Gasteiger partial charge in [0.15, 0.2) is 0 Å². The van der Waals surface area contributed by atoms with Crippen LogP contribution in [0.15, 0.2) is 12.2 Å². The Bertz CT molecular complexity index is 776. The summed E-state index contributed by atoms with van der Waals surface area (Å²) in [4.78, 5) is 26.2. The highest BCUT2D eigenvalue weighted by Crippen LogP contribution is 2.39. The summed E-state index contributed by atoms with van der Waals surface area (Å²) >= 11 is 0. The molecular formula is C45H84O4. The molecule has 0 radical (unpaired) electrons. The standard InChI is InChI=1S/C45H84O4/c1-4-6-8-10-12-14-16-18-20-22-24-26-28-30-32-36-40-48-43(46)42-38-34-35-39-45(42,3)44(47)49-41-37-33-31-29-27-25-23-21-19-17-15-13-11-9-7-5-2/h35,39,42H,4-34,36-38,40-41H2,1-3H3. The van der Waals surface area contributed by atoms with Gasteiger partial charge in [0.1, 0.15) is 0 Å². The smallest absolute Gasteiger partial charge is 0.316 e. The average molecular weight is 689 g/mol. The van der Waals surface area contributed by atoms with Gasteiger partial charge in [-0.25, -0.2) is 0 Å². The number of allylic oxidation sites excluding steroid dienone is 1. The van der Waals surface area contributed by atoms with Gasteiger partial charge in [-0.15, -0.1) is 0 Å². The van der Waals surface area contributed by atoms with Gasteiger partial charge in [-0.1, -0.05) is 219 Å². The second-order valence-corrected chi connectivity index (χ2v) is 15.7. The second-order valence-electron chi connectivity index (χ2n) is 15.7. The summed E-state index contributed by atoms with van der Waals surface area (Å²) in [6, 6.07) is 0. The van der Waals surface area contributed by atoms with Crippen LogP contribution < -0.4 is 0 Å². The minimum absolute atomic E-state index is 0.229. The SMILES string of the molecule is CCCCCCCCCCCCCCCCCCOC(=O)C1CCC=CC1(C)C(=O)OCCCCCCCCCCCCCCCCCC. The number of hydrogen-bond acceptors (Lipinski definition) is 4. The van der Waals surface area contributed by atoms with E-state index in [2.05, 4.69) is 13.8 Å². The summed E-state index contributed by atoms with van der Waals surface area (Å²) in [5, 5.41) is 0. The molecule has 0 saturated heterocycles. The molecule has 0 bridgehead atoms. The van der Waals surface area contributed by atoms with Gasteiger partial charge in [0, 0.05) is 0 Å². The van der Waals surface area contributed by atoms with Crippen LogP contribution in [0.3, 0.4) is 0 Å². The van der Waals surface area contributed by atoms with Crippen molar-refractivity contribution in [2.75, 3.05) is 13.2 Å². The fourth-order valence-corrected chi connectivity index (χ4v) is 7.47. The fourth-order valence-electron chi connectivity index (χ4n) is 7.47. The van der Waals surface area contributed by atoms with Crippen LogP contribution in [0.25, 0.3) is 0 Å². The van der Waals surface area contributed by atoms with Crippen molar-refractivity contribution in [1.82, 2.24) is 0 Å². The molecule has 0 aromatic rings. The van der Waals surface area contributed by atoms with Crippen molar-refractivity contribution in [1.29, 1.82) is 0 Å². The maximum Gasteiger partial charge on any atom is 0.316 e. The molecule has 0 N–H and O–H groups in total. The summed E-state index contributed by atoms with van der Waals surface area (Å²) < 4.78 is 11.4. The van der Waals surface area contributed by atoms with Crippen molar-refractivity contribution < 1.29 is 19.1 Å². The molecule has 0 spiro atoms. The Morgan fingerprint density at radius 1 is 0.490 bits per heavy atom. The molecule has 4 nitrogen and oxygen atoms in total. The van der Waals surface area contributed by atoms with Gasteiger partial charge in [0.2, 0.25) is 0 Å². The Kier molecular flexibility index (Phi) is 31.5. The average Bonchev–Trinajstić information content (AvgIpc) is 3.10. The maximum atomic E-state index is 13.1. The maximum absolute atomic E-state index is 13.1. The third-order valence-corrected chi connectivity index (χ3v) is 11.0. The summed E-state index contributed by atoms with van der Waals surface area (Å²) in [6.07, 6.45) is 47.8. The first-order valence-corrected chi connectivity index (χ1v) is 22.1. The molecule has 0 aliphatic heterocycles. The second kappa shape index (κ2) is 33.8. The highest BCUT2D eigenvalue weighted by Gasteiger charge is 2.46. The lowest BCUT2D eigenvalue weighted by molar-refractivity contribution is -0.166. The number of unbranched alkanes of at least 4 members (excludes halogenated alkanes) is 30. The normalized spacial score (nSPS) is 17.4. The molecule has 0 aromatic carbocycles. The lowest BCUT2D eigenvalue weighted by Crippen LogP contribution is -2.42. The van der Waals surface area contributed by atoms with E-state index in [0.717, 1.165) is 32.1 Å². The van der Waals surface area contributed by atoms with Crippen molar-refractivity contribution in [2.45, 2.75) is 239 Å². The minimum Gasteiger partial charge on any atom is -0.465 e. The predicted octanol–water partition coefficient (Wildman–Crippen LogP) is 14.6. The van der Waals surface area contributed by atoms with Crippen molar-refractivity contribution in [3.8, 4) is 0 Å². The Labute approximate surface area is 306 Å². The van der Waals surface area contributed by atoms with E-state index in [-0.39, 0.29) is 11.9 Å². The van der Waals surface area contributed by atoms with E-state index in [1.165, 1.54) is 180 Å². The molecule has 2 unspecified atom stereocenters. The van der Waals surface area contributed by atoms with Crippen molar-refractivity contribution >= 4 is 11.9 Å². The Morgan fingerprint density at radius 3 is 1.14 bits per heavy atom. The van der Waals surface area contributed by atoms with Gasteiger partial charge < -0.3 is 9.47 Å². The number of hydrogen-bond donors (Lipinski definition) is 0. The third-order valence-electron chi connectivity index (χ3n) is 11.0. The lowest BCUT2D eigenvalue weighted by Gasteiger charge is -2.34. The zero-order valence-corrected chi connectivity index (χ0v) is 33.3. The minimum atomic E-state index is -0.918. The summed E-state index contributed by atoms with van der Waals surface area (Å²) in [5.41, 5.74) is -0.918. The van der Waals surface area contributed by atoms with Crippen molar-refractivity contribution in [2.24, 2.45) is 11.3 Å². The van der Waals surface area contributed by atoms with Crippen LogP contribution in [0.4, 0.5) is 0 Å². The third kappa shape index (κ3) is 25.3. The molecule has 4 heteroatoms. The molecule has 0 heterocycles. The number of rotatable bonds is 36. The number of ether oxygens (including phenoxy) is 2. The molecule has 1 aliphatic carbocycles. The molecule has 2 atom stereocenters. The number of carbonyl (C=O) groups excluding carboxylic acids is 2. The van der Waals surface area contributed by atoms with E-state index in [1.807, 2.05) is 19.1 Å². The Balaban J connectivity index is 2.02. The highest BCUT2D eigenvalue weighted by atomic mass is 16.5. The van der Waals surface area contributed by atoms with E-state index >= 15 is 0 Å². The fraction of sp³-hybridized carbons (Fsp3) is 0.911. The van der Waals surface area contributed by atoms with E-state index in [4.69, 9.17) is 9.47 Å². The summed E-state index contributed by atoms with van der Waals surface area (Å²) in [6.45, 7) is 7.33. The zero-order valence-electron chi connectivity index (χ0n) is 33.3. The van der Waals surface area contributed by atoms with E-state index < -0.39 is 11.3 Å². The quantitative estimate of drug-likeness (QED) is 0.0373. The molecule has 0 aromatic heterocycles. The van der Waals surface area contributed by atoms with Gasteiger partial charge in [-0.05, 0) is 32.6 Å². The summed E-state index contributed by atoms with van der Waals surface area (Å²) in [5.74, 6) is -0.946.